The van der Waals surface area contributed by atoms with Crippen LogP contribution in [0.5, 0.6) is 0 Å². The predicted octanol–water partition coefficient (Wildman–Crippen LogP) is 1.88. The molecule has 1 aromatic rings. The van der Waals surface area contributed by atoms with Crippen molar-refractivity contribution >= 4 is 47.1 Å². The van der Waals surface area contributed by atoms with Gasteiger partial charge in [-0.05, 0) is 81.9 Å². The number of aliphatic carboxylic acids is 1. The first-order chi connectivity index (χ1) is 62.5. The molecule has 5 N–H and O–H groups in total. The standard InChI is InChI=1S/C89H153N3O37/c1-70(2)77(86(101)90-71(3)79(94)64-72-9-10-75(68-129-88(104)89(4,5)6)73(63-72)11-12-74-65-78(87(102)103)84(99)85(100)83(74)98)66-76(93)15-16-91(82(97)67-92-80(95)13-14-81(92)96)17-20-107-24-26-110-30-29-109-25-23-106-18-8-19-127-69-128-62-61-126-60-59-125-58-57-124-56-55-123-54-53-122-52-51-121-50-49-120-48-47-119-46-45-118-44-43-117-42-41-116-40-39-115-38-37-114-36-35-113-34-33-112-32-31-111-28-27-108-22-21-105-7/h9-10,13-14,63,70-71,74,77-78,83-85,98-100H,8,11-12,15-62,64-69H2,1-7H3,(H,90,101)(H,102,103)/t71-,74+,77-,78-,83-,84+,85+/m0/s1. The van der Waals surface area contributed by atoms with Crippen LogP contribution in [0.2, 0.25) is 0 Å². The van der Waals surface area contributed by atoms with E-state index in [9.17, 15) is 58.8 Å². The average Bonchev–Trinajstić information content (AvgIpc) is 1.28. The summed E-state index contributed by atoms with van der Waals surface area (Å²) in [5.74, 6) is -8.10. The number of carboxylic acids is 1. The van der Waals surface area contributed by atoms with E-state index in [0.717, 1.165) is 17.1 Å². The molecule has 129 heavy (non-hydrogen) atoms. The first-order valence-corrected chi connectivity index (χ1v) is 45.0. The number of ether oxygens (including phenoxy) is 25. The van der Waals surface area contributed by atoms with Crippen molar-refractivity contribution in [1.82, 2.24) is 15.1 Å². The molecular weight excluding hydrogens is 1700 g/mol. The molecule has 3 rings (SSSR count). The zero-order valence-corrected chi connectivity index (χ0v) is 77.5. The van der Waals surface area contributed by atoms with Gasteiger partial charge in [0, 0.05) is 64.1 Å². The van der Waals surface area contributed by atoms with E-state index in [0.29, 0.717) is 294 Å². The summed E-state index contributed by atoms with van der Waals surface area (Å²) >= 11 is 0. The van der Waals surface area contributed by atoms with E-state index in [2.05, 4.69) is 5.32 Å². The number of carbonyl (C=O) groups excluding carboxylic acids is 7. The lowest BCUT2D eigenvalue weighted by molar-refractivity contribution is -0.168. The number of aliphatic hydroxyl groups excluding tert-OH is 3. The van der Waals surface area contributed by atoms with Gasteiger partial charge in [0.1, 0.15) is 31.8 Å². The lowest BCUT2D eigenvalue weighted by atomic mass is 9.73. The number of esters is 1. The van der Waals surface area contributed by atoms with Crippen LogP contribution in [0, 0.1) is 29.1 Å². The molecule has 1 fully saturated rings. The van der Waals surface area contributed by atoms with E-state index in [1.54, 1.807) is 59.9 Å². The quantitative estimate of drug-likeness (QED) is 0.0269. The first kappa shape index (κ1) is 117. The van der Waals surface area contributed by atoms with Crippen LogP contribution in [0.25, 0.3) is 0 Å². The van der Waals surface area contributed by atoms with Gasteiger partial charge in [0.2, 0.25) is 11.8 Å². The van der Waals surface area contributed by atoms with Crippen molar-refractivity contribution in [1.29, 1.82) is 0 Å². The summed E-state index contributed by atoms with van der Waals surface area (Å²) in [6.07, 6.45) is -2.12. The predicted molar refractivity (Wildman–Crippen MR) is 463 cm³/mol. The monoisotopic (exact) mass is 1860 g/mol. The molecule has 1 heterocycles. The Hall–Kier alpha value is -5.76. The van der Waals surface area contributed by atoms with Gasteiger partial charge in [-0.3, -0.25) is 43.3 Å². The summed E-state index contributed by atoms with van der Waals surface area (Å²) < 4.78 is 138. The molecule has 0 radical (unpaired) electrons. The second-order valence-electron chi connectivity index (χ2n) is 31.2. The van der Waals surface area contributed by atoms with Gasteiger partial charge in [-0.15, -0.1) is 0 Å². The molecule has 1 aromatic carbocycles. The van der Waals surface area contributed by atoms with Crippen LogP contribution in [0.15, 0.2) is 30.4 Å². The lowest BCUT2D eigenvalue weighted by Crippen LogP contribution is -2.53. The van der Waals surface area contributed by atoms with Crippen LogP contribution in [0.1, 0.15) is 90.3 Å². The number of benzene rings is 1. The maximum absolute atomic E-state index is 13.8. The molecule has 0 saturated heterocycles. The van der Waals surface area contributed by atoms with Crippen LogP contribution >= 0.6 is 0 Å². The summed E-state index contributed by atoms with van der Waals surface area (Å²) in [4.78, 5) is 106. The molecule has 1 saturated carbocycles. The number of methoxy groups -OCH3 is 1. The molecule has 40 heteroatoms. The summed E-state index contributed by atoms with van der Waals surface area (Å²) in [5.41, 5.74) is 0.996. The number of nitrogens with zero attached hydrogens (tertiary/aromatic N) is 2. The third-order valence-electron chi connectivity index (χ3n) is 19.6. The Bertz CT molecular complexity index is 3050. The molecule has 1 aliphatic heterocycles. The fourth-order valence-corrected chi connectivity index (χ4v) is 12.2. The van der Waals surface area contributed by atoms with E-state index < -0.39 is 89.6 Å². The second-order valence-corrected chi connectivity index (χ2v) is 31.2. The van der Waals surface area contributed by atoms with Gasteiger partial charge in [0.05, 0.1) is 320 Å². The molecule has 0 bridgehead atoms. The molecule has 2 aliphatic rings. The summed E-state index contributed by atoms with van der Waals surface area (Å²) in [5, 5.41) is 44.1. The minimum atomic E-state index is -1.67. The van der Waals surface area contributed by atoms with Gasteiger partial charge in [0.15, 0.2) is 5.78 Å². The van der Waals surface area contributed by atoms with Crippen LogP contribution < -0.4 is 5.32 Å². The Morgan fingerprint density at radius 1 is 0.457 bits per heavy atom. The number of aliphatic hydroxyl groups is 3. The maximum atomic E-state index is 13.8. The molecule has 746 valence electrons. The molecule has 7 atom stereocenters. The smallest absolute Gasteiger partial charge is 0.311 e. The topological polar surface area (TPSA) is 467 Å². The largest absolute Gasteiger partial charge is 0.481 e. The Kier molecular flexibility index (Phi) is 71.5. The number of hydrogen-bond donors (Lipinski definition) is 5. The van der Waals surface area contributed by atoms with Crippen molar-refractivity contribution in [2.45, 2.75) is 117 Å². The zero-order chi connectivity index (χ0) is 93.8. The van der Waals surface area contributed by atoms with Gasteiger partial charge < -0.3 is 149 Å². The van der Waals surface area contributed by atoms with Crippen LogP contribution in [0.3, 0.4) is 0 Å². The number of carbonyl (C=O) groups is 8. The highest BCUT2D eigenvalue weighted by Crippen LogP contribution is 2.34. The normalized spacial score (nSPS) is 16.4. The molecule has 1 aliphatic carbocycles. The van der Waals surface area contributed by atoms with Crippen molar-refractivity contribution in [3.05, 3.63) is 47.0 Å². The number of hydrogen-bond acceptors (Lipinski definition) is 36. The summed E-state index contributed by atoms with van der Waals surface area (Å²) in [6.45, 7) is 29.2. The number of rotatable bonds is 91. The number of imide groups is 1. The maximum Gasteiger partial charge on any atom is 0.311 e. The Labute approximate surface area is 760 Å². The Morgan fingerprint density at radius 2 is 0.814 bits per heavy atom. The molecule has 0 unspecified atom stereocenters. The van der Waals surface area contributed by atoms with Crippen molar-refractivity contribution < 1.29 is 177 Å². The first-order valence-electron chi connectivity index (χ1n) is 45.0. The van der Waals surface area contributed by atoms with Crippen molar-refractivity contribution in [3.63, 3.8) is 0 Å². The molecule has 40 nitrogen and oxygen atoms in total. The van der Waals surface area contributed by atoms with Gasteiger partial charge in [-0.2, -0.15) is 0 Å². The van der Waals surface area contributed by atoms with Gasteiger partial charge in [0.25, 0.3) is 11.8 Å². The molecule has 0 spiro atoms. The highest BCUT2D eigenvalue weighted by atomic mass is 16.7. The number of carboxylic acid groups (broad SMARTS) is 1. The molecular formula is C89H153N3O37. The van der Waals surface area contributed by atoms with E-state index in [1.165, 1.54) is 11.8 Å². The van der Waals surface area contributed by atoms with E-state index in [-0.39, 0.29) is 109 Å². The SMILES string of the molecule is COCCOCCOCCOCCOCCOCCOCCOCCOCCOCCOCCOCCOCCOCCOCCOCCOCCOCCOCOCCCOCCOCCOCCOCCN(CCC(=O)C[C@H](C(=O)N[C@@H](C)C(=O)Cc1ccc(COC(=O)C(C)(C)C)c(CC[C@@H]2C[C@H](C(=O)O)[C@@H](O)[C@H](O)[C@H]2O)c1)C(C)C)C(=O)CN1C(=O)C=CC1=O. The fraction of sp³-hybridized carbons (Fsp3) is 0.820. The summed E-state index contributed by atoms with van der Waals surface area (Å²) in [6, 6.07) is 4.14. The van der Waals surface area contributed by atoms with Gasteiger partial charge >= 0.3 is 11.9 Å². The minimum absolute atomic E-state index is 0.00995. The third-order valence-corrected chi connectivity index (χ3v) is 19.6. The van der Waals surface area contributed by atoms with Gasteiger partial charge in [-0.25, -0.2) is 0 Å². The lowest BCUT2D eigenvalue weighted by Gasteiger charge is -2.39. The summed E-state index contributed by atoms with van der Waals surface area (Å²) in [7, 11) is 1.64. The number of nitrogens with one attached hydrogen (secondary N) is 1. The minimum Gasteiger partial charge on any atom is -0.481 e. The third kappa shape index (κ3) is 61.0. The number of Topliss-reactive ketones (excluding diaryl/α,β-unsaturated/α-hetero) is 2. The Morgan fingerprint density at radius 3 is 1.19 bits per heavy atom. The fourth-order valence-electron chi connectivity index (χ4n) is 12.2. The Balaban J connectivity index is 1.06. The van der Waals surface area contributed by atoms with Crippen molar-refractivity contribution in [2.75, 3.05) is 331 Å². The van der Waals surface area contributed by atoms with Crippen molar-refractivity contribution in [2.24, 2.45) is 29.1 Å². The number of ketones is 2. The second kappa shape index (κ2) is 78.6. The van der Waals surface area contributed by atoms with Crippen LogP contribution in [-0.4, -0.2) is 433 Å². The van der Waals surface area contributed by atoms with E-state index in [4.69, 9.17) is 118 Å². The van der Waals surface area contributed by atoms with Crippen molar-refractivity contribution in [3.8, 4) is 0 Å². The average molecular weight is 1860 g/mol. The molecule has 4 amide bonds. The number of amides is 4. The van der Waals surface area contributed by atoms with E-state index >= 15 is 0 Å². The van der Waals surface area contributed by atoms with Crippen LogP contribution in [-0.2, 0) is 176 Å². The molecule has 0 aromatic heterocycles. The van der Waals surface area contributed by atoms with E-state index in [1.807, 2.05) is 0 Å². The van der Waals surface area contributed by atoms with Gasteiger partial charge in [-0.1, -0.05) is 32.0 Å². The highest BCUT2D eigenvalue weighted by Gasteiger charge is 2.45. The number of aryl methyl sites for hydroxylation is 1. The highest BCUT2D eigenvalue weighted by molar-refractivity contribution is 6.14. The van der Waals surface area contributed by atoms with Crippen LogP contribution in [0.4, 0.5) is 0 Å². The zero-order valence-electron chi connectivity index (χ0n) is 77.5.